The third-order valence-corrected chi connectivity index (χ3v) is 8.51. The van der Waals surface area contributed by atoms with Gasteiger partial charge in [-0.3, -0.25) is 9.69 Å². The number of nitrogens with zero attached hydrogens (tertiary/aromatic N) is 4. The van der Waals surface area contributed by atoms with E-state index in [4.69, 9.17) is 0 Å². The Morgan fingerprint density at radius 1 is 1.00 bits per heavy atom. The first-order chi connectivity index (χ1) is 17.2. The fourth-order valence-electron chi connectivity index (χ4n) is 6.39. The zero-order chi connectivity index (χ0) is 25.4. The average molecular weight is 564 g/mol. The van der Waals surface area contributed by atoms with Crippen LogP contribution < -0.4 is 4.90 Å². The molecule has 1 atom stereocenters. The Balaban J connectivity index is 0.00000200. The van der Waals surface area contributed by atoms with Crippen LogP contribution >= 0.6 is 24.8 Å². The van der Waals surface area contributed by atoms with E-state index in [1.54, 1.807) is 0 Å². The summed E-state index contributed by atoms with van der Waals surface area (Å²) < 4.78 is 0. The standard InChI is InChI=1S/C30H42N4O2.2ClH/c1-30(2)21-34(20-26(35)19-32-14-11-22-7-5-6-8-23(22)18-32)29(36)27-10-9-25(17-28(27)30)33-15-12-24(13-16-33)31(3)4;;/h5-10,17,24,26,35H,11-16,18-21H2,1-4H3;2*1H/t26-;;/m1../s1. The number of aliphatic hydroxyl groups is 1. The maximum absolute atomic E-state index is 13.5. The Labute approximate surface area is 240 Å². The van der Waals surface area contributed by atoms with Gasteiger partial charge in [0.25, 0.3) is 5.91 Å². The molecule has 3 aliphatic heterocycles. The van der Waals surface area contributed by atoms with Crippen molar-refractivity contribution in [2.45, 2.75) is 57.2 Å². The maximum atomic E-state index is 13.5. The lowest BCUT2D eigenvalue weighted by Crippen LogP contribution is -2.51. The molecule has 2 aromatic rings. The highest BCUT2D eigenvalue weighted by molar-refractivity contribution is 5.98. The second kappa shape index (κ2) is 12.6. The third kappa shape index (κ3) is 6.48. The topological polar surface area (TPSA) is 50.3 Å². The van der Waals surface area contributed by atoms with Crippen LogP contribution in [0.4, 0.5) is 5.69 Å². The molecule has 0 radical (unpaired) electrons. The summed E-state index contributed by atoms with van der Waals surface area (Å²) in [5.74, 6) is 0.0465. The van der Waals surface area contributed by atoms with Crippen molar-refractivity contribution in [3.63, 3.8) is 0 Å². The van der Waals surface area contributed by atoms with Gasteiger partial charge >= 0.3 is 0 Å². The molecule has 0 aromatic heterocycles. The smallest absolute Gasteiger partial charge is 0.254 e. The summed E-state index contributed by atoms with van der Waals surface area (Å²) >= 11 is 0. The van der Waals surface area contributed by atoms with E-state index in [1.807, 2.05) is 11.0 Å². The number of carbonyl (C=O) groups is 1. The number of anilines is 1. The van der Waals surface area contributed by atoms with Gasteiger partial charge in [-0.05, 0) is 68.2 Å². The maximum Gasteiger partial charge on any atom is 0.254 e. The number of aliphatic hydroxyl groups excluding tert-OH is 1. The molecule has 2 aromatic carbocycles. The highest BCUT2D eigenvalue weighted by atomic mass is 35.5. The van der Waals surface area contributed by atoms with Gasteiger partial charge in [-0.15, -0.1) is 24.8 Å². The van der Waals surface area contributed by atoms with Crippen molar-refractivity contribution in [3.05, 3.63) is 64.7 Å². The molecule has 210 valence electrons. The first kappa shape index (κ1) is 30.7. The predicted octanol–water partition coefficient (Wildman–Crippen LogP) is 4.21. The van der Waals surface area contributed by atoms with Gasteiger partial charge in [0.05, 0.1) is 6.10 Å². The Kier molecular flexibility index (Phi) is 10.2. The van der Waals surface area contributed by atoms with Crippen LogP contribution in [-0.2, 0) is 18.4 Å². The van der Waals surface area contributed by atoms with Crippen LogP contribution in [-0.4, -0.2) is 91.2 Å². The van der Waals surface area contributed by atoms with Gasteiger partial charge < -0.3 is 19.8 Å². The van der Waals surface area contributed by atoms with Gasteiger partial charge in [-0.2, -0.15) is 0 Å². The zero-order valence-electron chi connectivity index (χ0n) is 23.2. The number of rotatable bonds is 6. The van der Waals surface area contributed by atoms with E-state index in [2.05, 4.69) is 79.0 Å². The molecule has 3 heterocycles. The number of halogens is 2. The van der Waals surface area contributed by atoms with Crippen LogP contribution in [0.3, 0.4) is 0 Å². The lowest BCUT2D eigenvalue weighted by molar-refractivity contribution is 0.0431. The van der Waals surface area contributed by atoms with Crippen LogP contribution in [0.2, 0.25) is 0 Å². The molecule has 0 aliphatic carbocycles. The minimum atomic E-state index is -0.561. The molecule has 6 nitrogen and oxygen atoms in total. The highest BCUT2D eigenvalue weighted by Crippen LogP contribution is 2.36. The van der Waals surface area contributed by atoms with Gasteiger partial charge in [0.15, 0.2) is 0 Å². The molecule has 1 fully saturated rings. The van der Waals surface area contributed by atoms with Gasteiger partial charge in [-0.25, -0.2) is 0 Å². The summed E-state index contributed by atoms with van der Waals surface area (Å²) in [5, 5.41) is 11.0. The molecule has 0 saturated carbocycles. The molecule has 1 amide bonds. The number of β-amino-alcohol motifs (C(OH)–C–C–N with tert-alkyl or cyclic N) is 1. The van der Waals surface area contributed by atoms with E-state index in [1.165, 1.54) is 29.7 Å². The summed E-state index contributed by atoms with van der Waals surface area (Å²) in [5.41, 5.74) is 5.75. The molecule has 38 heavy (non-hydrogen) atoms. The predicted molar refractivity (Wildman–Crippen MR) is 160 cm³/mol. The quantitative estimate of drug-likeness (QED) is 0.571. The van der Waals surface area contributed by atoms with Crippen molar-refractivity contribution < 1.29 is 9.90 Å². The van der Waals surface area contributed by atoms with Crippen molar-refractivity contribution in [2.75, 3.05) is 58.3 Å². The van der Waals surface area contributed by atoms with E-state index in [0.29, 0.717) is 25.7 Å². The first-order valence-corrected chi connectivity index (χ1v) is 13.5. The monoisotopic (exact) mass is 562 g/mol. The highest BCUT2D eigenvalue weighted by Gasteiger charge is 2.38. The molecule has 1 N–H and O–H groups in total. The van der Waals surface area contributed by atoms with Crippen molar-refractivity contribution in [2.24, 2.45) is 0 Å². The fourth-order valence-corrected chi connectivity index (χ4v) is 6.39. The van der Waals surface area contributed by atoms with Gasteiger partial charge in [-0.1, -0.05) is 38.1 Å². The molecular formula is C30H44Cl2N4O2. The lowest BCUT2D eigenvalue weighted by Gasteiger charge is -2.42. The molecule has 1 saturated heterocycles. The van der Waals surface area contributed by atoms with Crippen molar-refractivity contribution in [3.8, 4) is 0 Å². The van der Waals surface area contributed by atoms with E-state index >= 15 is 0 Å². The molecule has 3 aliphatic rings. The normalized spacial score (nSPS) is 20.3. The Morgan fingerprint density at radius 3 is 2.37 bits per heavy atom. The summed E-state index contributed by atoms with van der Waals surface area (Å²) in [6.45, 7) is 9.96. The Bertz CT molecular complexity index is 1100. The molecule has 0 unspecified atom stereocenters. The zero-order valence-corrected chi connectivity index (χ0v) is 24.9. The van der Waals surface area contributed by atoms with Gasteiger partial charge in [0.2, 0.25) is 0 Å². The molecule has 0 spiro atoms. The van der Waals surface area contributed by atoms with Crippen molar-refractivity contribution in [1.82, 2.24) is 14.7 Å². The van der Waals surface area contributed by atoms with Crippen LogP contribution in [0.15, 0.2) is 42.5 Å². The van der Waals surface area contributed by atoms with Crippen LogP contribution in [0.25, 0.3) is 0 Å². The van der Waals surface area contributed by atoms with E-state index < -0.39 is 6.10 Å². The number of amides is 1. The van der Waals surface area contributed by atoms with E-state index in [0.717, 1.165) is 43.7 Å². The molecule has 5 rings (SSSR count). The number of piperidine rings is 1. The van der Waals surface area contributed by atoms with Crippen molar-refractivity contribution >= 4 is 36.4 Å². The van der Waals surface area contributed by atoms with E-state index in [9.17, 15) is 9.90 Å². The average Bonchev–Trinajstić information content (AvgIpc) is 2.86. The van der Waals surface area contributed by atoms with Crippen LogP contribution in [0.5, 0.6) is 0 Å². The molecule has 0 bridgehead atoms. The number of benzene rings is 2. The minimum Gasteiger partial charge on any atom is -0.390 e. The second-order valence-corrected chi connectivity index (χ2v) is 11.9. The number of fused-ring (bicyclic) bond motifs is 2. The molecule has 8 heteroatoms. The Hall–Kier alpha value is -1.83. The second-order valence-electron chi connectivity index (χ2n) is 11.9. The third-order valence-electron chi connectivity index (χ3n) is 8.51. The molecular weight excluding hydrogens is 519 g/mol. The van der Waals surface area contributed by atoms with Crippen molar-refractivity contribution in [1.29, 1.82) is 0 Å². The van der Waals surface area contributed by atoms with Gasteiger partial charge in [0, 0.05) is 68.5 Å². The number of hydrogen-bond acceptors (Lipinski definition) is 5. The van der Waals surface area contributed by atoms with Gasteiger partial charge in [0.1, 0.15) is 0 Å². The summed E-state index contributed by atoms with van der Waals surface area (Å²) in [4.78, 5) is 22.5. The van der Waals surface area contributed by atoms with Crippen LogP contribution in [0.1, 0.15) is 53.7 Å². The number of carbonyl (C=O) groups excluding carboxylic acids is 1. The lowest BCUT2D eigenvalue weighted by atomic mass is 9.77. The van der Waals surface area contributed by atoms with Crippen LogP contribution in [0, 0.1) is 0 Å². The minimum absolute atomic E-state index is 0. The summed E-state index contributed by atoms with van der Waals surface area (Å²) in [6, 6.07) is 15.6. The number of hydrogen-bond donors (Lipinski definition) is 1. The SMILES string of the molecule is CN(C)C1CCN(c2ccc3c(c2)C(C)(C)CN(C[C@H](O)CN2CCc4ccccc4C2)C3=O)CC1.Cl.Cl. The fraction of sp³-hybridized carbons (Fsp3) is 0.567. The summed E-state index contributed by atoms with van der Waals surface area (Å²) in [6.07, 6.45) is 2.79. The first-order valence-electron chi connectivity index (χ1n) is 13.5. The largest absolute Gasteiger partial charge is 0.390 e. The van der Waals surface area contributed by atoms with E-state index in [-0.39, 0.29) is 36.1 Å². The Morgan fingerprint density at radius 2 is 1.68 bits per heavy atom. The summed E-state index contributed by atoms with van der Waals surface area (Å²) in [7, 11) is 4.34.